The van der Waals surface area contributed by atoms with Crippen molar-refractivity contribution in [3.63, 3.8) is 0 Å². The number of methoxy groups -OCH3 is 1. The molecule has 4 heteroatoms. The van der Waals surface area contributed by atoms with Crippen LogP contribution in [0.25, 0.3) is 0 Å². The molecule has 0 aromatic heterocycles. The van der Waals surface area contributed by atoms with E-state index >= 15 is 0 Å². The van der Waals surface area contributed by atoms with Crippen molar-refractivity contribution in [2.24, 2.45) is 0 Å². The molecule has 1 aromatic rings. The Morgan fingerprint density at radius 1 is 1.24 bits per heavy atom. The molecule has 21 heavy (non-hydrogen) atoms. The highest BCUT2D eigenvalue weighted by molar-refractivity contribution is 5.21. The van der Waals surface area contributed by atoms with Crippen LogP contribution in [0.4, 0.5) is 4.39 Å². The third-order valence-corrected chi connectivity index (χ3v) is 3.71. The zero-order valence-corrected chi connectivity index (χ0v) is 13.6. The quantitative estimate of drug-likeness (QED) is 0.678. The molecule has 0 fully saturated rings. The van der Waals surface area contributed by atoms with Gasteiger partial charge in [-0.05, 0) is 32.0 Å². The Morgan fingerprint density at radius 3 is 2.62 bits per heavy atom. The fourth-order valence-electron chi connectivity index (χ4n) is 2.40. The molecule has 0 aliphatic rings. The first-order valence-corrected chi connectivity index (χ1v) is 7.92. The van der Waals surface area contributed by atoms with Crippen molar-refractivity contribution >= 4 is 0 Å². The summed E-state index contributed by atoms with van der Waals surface area (Å²) in [4.78, 5) is 2.34. The molecule has 0 aliphatic heterocycles. The van der Waals surface area contributed by atoms with Crippen LogP contribution in [0.15, 0.2) is 24.3 Å². The van der Waals surface area contributed by atoms with E-state index in [4.69, 9.17) is 4.74 Å². The lowest BCUT2D eigenvalue weighted by Crippen LogP contribution is -2.32. The molecule has 1 rings (SSSR count). The SMILES string of the molecule is CCCNC(CCN(CC)CCOC)c1ccccc1F. The molecule has 1 aromatic carbocycles. The largest absolute Gasteiger partial charge is 0.383 e. The molecule has 3 nitrogen and oxygen atoms in total. The number of ether oxygens (including phenoxy) is 1. The van der Waals surface area contributed by atoms with Crippen molar-refractivity contribution in [3.05, 3.63) is 35.6 Å². The number of halogens is 1. The van der Waals surface area contributed by atoms with Crippen LogP contribution in [-0.4, -0.2) is 44.8 Å². The fraction of sp³-hybridized carbons (Fsp3) is 0.647. The summed E-state index contributed by atoms with van der Waals surface area (Å²) in [6, 6.07) is 7.14. The van der Waals surface area contributed by atoms with Gasteiger partial charge in [-0.15, -0.1) is 0 Å². The molecule has 0 saturated heterocycles. The van der Waals surface area contributed by atoms with E-state index in [0.29, 0.717) is 0 Å². The summed E-state index contributed by atoms with van der Waals surface area (Å²) in [7, 11) is 1.72. The zero-order chi connectivity index (χ0) is 15.5. The van der Waals surface area contributed by atoms with Crippen LogP contribution in [-0.2, 0) is 4.74 Å². The first-order valence-electron chi connectivity index (χ1n) is 7.92. The van der Waals surface area contributed by atoms with Gasteiger partial charge in [-0.25, -0.2) is 4.39 Å². The molecule has 0 heterocycles. The Bertz CT molecular complexity index is 387. The van der Waals surface area contributed by atoms with Crippen LogP contribution in [0.5, 0.6) is 0 Å². The Labute approximate surface area is 128 Å². The number of rotatable bonds is 11. The topological polar surface area (TPSA) is 24.5 Å². The van der Waals surface area contributed by atoms with E-state index in [1.165, 1.54) is 0 Å². The summed E-state index contributed by atoms with van der Waals surface area (Å²) in [6.45, 7) is 8.76. The van der Waals surface area contributed by atoms with E-state index in [0.717, 1.165) is 51.2 Å². The molecular formula is C17H29FN2O. The van der Waals surface area contributed by atoms with E-state index < -0.39 is 0 Å². The highest BCUT2D eigenvalue weighted by Gasteiger charge is 2.15. The zero-order valence-electron chi connectivity index (χ0n) is 13.6. The van der Waals surface area contributed by atoms with Gasteiger partial charge in [0.2, 0.25) is 0 Å². The number of nitrogens with one attached hydrogen (secondary N) is 1. The molecule has 1 N–H and O–H groups in total. The standard InChI is InChI=1S/C17H29FN2O/c1-4-11-19-17(15-8-6-7-9-16(15)18)10-12-20(5-2)13-14-21-3/h6-9,17,19H,4-5,10-14H2,1-3H3. The lowest BCUT2D eigenvalue weighted by molar-refractivity contribution is 0.147. The second-order valence-corrected chi connectivity index (χ2v) is 5.24. The van der Waals surface area contributed by atoms with Crippen molar-refractivity contribution in [1.29, 1.82) is 0 Å². The Kier molecular flexibility index (Phi) is 9.22. The van der Waals surface area contributed by atoms with Crippen LogP contribution in [0, 0.1) is 5.82 Å². The fourth-order valence-corrected chi connectivity index (χ4v) is 2.40. The molecule has 0 amide bonds. The Balaban J connectivity index is 2.63. The highest BCUT2D eigenvalue weighted by atomic mass is 19.1. The third-order valence-electron chi connectivity index (χ3n) is 3.71. The van der Waals surface area contributed by atoms with Crippen molar-refractivity contribution < 1.29 is 9.13 Å². The number of benzene rings is 1. The summed E-state index contributed by atoms with van der Waals surface area (Å²) in [5.74, 6) is -0.119. The van der Waals surface area contributed by atoms with Gasteiger partial charge < -0.3 is 15.0 Å². The molecule has 0 spiro atoms. The van der Waals surface area contributed by atoms with E-state index in [1.54, 1.807) is 19.2 Å². The van der Waals surface area contributed by atoms with E-state index in [2.05, 4.69) is 24.1 Å². The van der Waals surface area contributed by atoms with Gasteiger partial charge in [-0.3, -0.25) is 0 Å². The maximum Gasteiger partial charge on any atom is 0.127 e. The minimum absolute atomic E-state index is 0.0720. The number of nitrogens with zero attached hydrogens (tertiary/aromatic N) is 1. The smallest absolute Gasteiger partial charge is 0.127 e. The second kappa shape index (κ2) is 10.7. The predicted molar refractivity (Wildman–Crippen MR) is 86.0 cm³/mol. The summed E-state index contributed by atoms with van der Waals surface area (Å²) in [5, 5.41) is 3.46. The first kappa shape index (κ1) is 18.1. The molecule has 1 atom stereocenters. The summed E-state index contributed by atoms with van der Waals surface area (Å²) >= 11 is 0. The number of likely N-dealkylation sites (N-methyl/N-ethyl adjacent to an activating group) is 1. The summed E-state index contributed by atoms with van der Waals surface area (Å²) < 4.78 is 19.1. The third kappa shape index (κ3) is 6.55. The van der Waals surface area contributed by atoms with Crippen LogP contribution in [0.3, 0.4) is 0 Å². The highest BCUT2D eigenvalue weighted by Crippen LogP contribution is 2.20. The predicted octanol–water partition coefficient (Wildman–Crippen LogP) is 3.22. The average Bonchev–Trinajstić information content (AvgIpc) is 2.51. The van der Waals surface area contributed by atoms with Gasteiger partial charge in [-0.1, -0.05) is 32.0 Å². The lowest BCUT2D eigenvalue weighted by Gasteiger charge is -2.25. The van der Waals surface area contributed by atoms with Gasteiger partial charge in [0.25, 0.3) is 0 Å². The van der Waals surface area contributed by atoms with Crippen molar-refractivity contribution in [3.8, 4) is 0 Å². The van der Waals surface area contributed by atoms with Crippen LogP contribution < -0.4 is 5.32 Å². The average molecular weight is 296 g/mol. The van der Waals surface area contributed by atoms with E-state index in [-0.39, 0.29) is 11.9 Å². The molecule has 0 bridgehead atoms. The number of hydrogen-bond acceptors (Lipinski definition) is 3. The minimum Gasteiger partial charge on any atom is -0.383 e. The molecule has 0 radical (unpaired) electrons. The Morgan fingerprint density at radius 2 is 2.00 bits per heavy atom. The lowest BCUT2D eigenvalue weighted by atomic mass is 10.0. The maximum atomic E-state index is 14.0. The molecule has 120 valence electrons. The van der Waals surface area contributed by atoms with Gasteiger partial charge in [0.1, 0.15) is 5.82 Å². The van der Waals surface area contributed by atoms with Crippen LogP contribution in [0.2, 0.25) is 0 Å². The van der Waals surface area contributed by atoms with E-state index in [1.807, 2.05) is 12.1 Å². The van der Waals surface area contributed by atoms with Gasteiger partial charge in [-0.2, -0.15) is 0 Å². The minimum atomic E-state index is -0.119. The van der Waals surface area contributed by atoms with Gasteiger partial charge >= 0.3 is 0 Å². The molecular weight excluding hydrogens is 267 g/mol. The molecule has 0 saturated carbocycles. The summed E-state index contributed by atoms with van der Waals surface area (Å²) in [5.41, 5.74) is 0.772. The number of hydrogen-bond donors (Lipinski definition) is 1. The second-order valence-electron chi connectivity index (χ2n) is 5.24. The van der Waals surface area contributed by atoms with Crippen molar-refractivity contribution in [2.45, 2.75) is 32.7 Å². The van der Waals surface area contributed by atoms with Crippen LogP contribution in [0.1, 0.15) is 38.3 Å². The molecule has 0 aliphatic carbocycles. The molecule has 1 unspecified atom stereocenters. The van der Waals surface area contributed by atoms with Crippen molar-refractivity contribution in [2.75, 3.05) is 39.9 Å². The van der Waals surface area contributed by atoms with Crippen molar-refractivity contribution in [1.82, 2.24) is 10.2 Å². The van der Waals surface area contributed by atoms with Gasteiger partial charge in [0, 0.05) is 31.8 Å². The Hall–Kier alpha value is -0.970. The van der Waals surface area contributed by atoms with Crippen LogP contribution >= 0.6 is 0 Å². The monoisotopic (exact) mass is 296 g/mol. The van der Waals surface area contributed by atoms with E-state index in [9.17, 15) is 4.39 Å². The first-order chi connectivity index (χ1) is 10.2. The van der Waals surface area contributed by atoms with Gasteiger partial charge in [0.05, 0.1) is 6.61 Å². The maximum absolute atomic E-state index is 14.0. The summed E-state index contributed by atoms with van der Waals surface area (Å²) in [6.07, 6.45) is 1.95. The van der Waals surface area contributed by atoms with Gasteiger partial charge in [0.15, 0.2) is 0 Å². The normalized spacial score (nSPS) is 12.8.